The molecule has 1 N–H and O–H groups in total. The lowest BCUT2D eigenvalue weighted by molar-refractivity contribution is -0.122. The van der Waals surface area contributed by atoms with Crippen molar-refractivity contribution in [3.05, 3.63) is 54.3 Å². The predicted molar refractivity (Wildman–Crippen MR) is 105 cm³/mol. The van der Waals surface area contributed by atoms with Crippen molar-refractivity contribution in [1.29, 1.82) is 0 Å². The number of anilines is 3. The molecule has 1 aliphatic heterocycles. The first-order valence-corrected chi connectivity index (χ1v) is 9.23. The number of halogens is 1. The largest absolute Gasteiger partial charge is 0.372 e. The molecule has 1 unspecified atom stereocenters. The molecule has 2 aromatic rings. The summed E-state index contributed by atoms with van der Waals surface area (Å²) in [5, 5.41) is 2.69. The van der Waals surface area contributed by atoms with Crippen LogP contribution in [0.3, 0.4) is 0 Å². The molecule has 1 atom stereocenters. The molecule has 27 heavy (non-hydrogen) atoms. The predicted octanol–water partition coefficient (Wildman–Crippen LogP) is 3.66. The third kappa shape index (κ3) is 4.27. The number of carbonyl (C=O) groups excluding carboxylic acids is 2. The van der Waals surface area contributed by atoms with Crippen molar-refractivity contribution in [2.45, 2.75) is 20.3 Å². The van der Waals surface area contributed by atoms with E-state index in [-0.39, 0.29) is 18.2 Å². The zero-order chi connectivity index (χ0) is 19.4. The zero-order valence-corrected chi connectivity index (χ0v) is 15.6. The van der Waals surface area contributed by atoms with E-state index in [1.165, 1.54) is 18.2 Å². The van der Waals surface area contributed by atoms with Crippen molar-refractivity contribution in [3.8, 4) is 0 Å². The molecule has 3 rings (SSSR count). The Hall–Kier alpha value is -2.89. The fourth-order valence-corrected chi connectivity index (χ4v) is 3.38. The molecular weight excluding hydrogens is 345 g/mol. The maximum absolute atomic E-state index is 13.3. The summed E-state index contributed by atoms with van der Waals surface area (Å²) in [7, 11) is 0. The van der Waals surface area contributed by atoms with Gasteiger partial charge in [-0.15, -0.1) is 0 Å². The number of amides is 2. The Morgan fingerprint density at radius 2 is 1.89 bits per heavy atom. The van der Waals surface area contributed by atoms with Gasteiger partial charge in [-0.05, 0) is 56.3 Å². The molecule has 1 aliphatic rings. The minimum Gasteiger partial charge on any atom is -0.372 e. The number of rotatable bonds is 6. The lowest BCUT2D eigenvalue weighted by Gasteiger charge is -2.22. The lowest BCUT2D eigenvalue weighted by Crippen LogP contribution is -2.28. The van der Waals surface area contributed by atoms with Gasteiger partial charge >= 0.3 is 0 Å². The van der Waals surface area contributed by atoms with Crippen molar-refractivity contribution >= 4 is 28.9 Å². The normalized spacial score (nSPS) is 16.5. The molecular formula is C21H24FN3O2. The molecule has 0 spiro atoms. The summed E-state index contributed by atoms with van der Waals surface area (Å²) in [6.45, 7) is 6.36. The van der Waals surface area contributed by atoms with Crippen LogP contribution in [-0.2, 0) is 9.59 Å². The van der Waals surface area contributed by atoms with Crippen LogP contribution in [0, 0.1) is 11.7 Å². The van der Waals surface area contributed by atoms with Gasteiger partial charge in [-0.25, -0.2) is 4.39 Å². The summed E-state index contributed by atoms with van der Waals surface area (Å²) < 4.78 is 13.3. The molecule has 0 aliphatic carbocycles. The van der Waals surface area contributed by atoms with Gasteiger partial charge in [0.25, 0.3) is 0 Å². The molecule has 1 fully saturated rings. The van der Waals surface area contributed by atoms with Crippen LogP contribution in [0.5, 0.6) is 0 Å². The number of carbonyl (C=O) groups is 2. The second-order valence-electron chi connectivity index (χ2n) is 6.59. The summed E-state index contributed by atoms with van der Waals surface area (Å²) in [5.41, 5.74) is 2.29. The fourth-order valence-electron chi connectivity index (χ4n) is 3.38. The van der Waals surface area contributed by atoms with Gasteiger partial charge in [0.2, 0.25) is 11.8 Å². The highest BCUT2D eigenvalue weighted by atomic mass is 19.1. The molecule has 2 aromatic carbocycles. The topological polar surface area (TPSA) is 52.6 Å². The van der Waals surface area contributed by atoms with Crippen molar-refractivity contribution in [1.82, 2.24) is 0 Å². The molecule has 142 valence electrons. The third-order valence-electron chi connectivity index (χ3n) is 4.88. The molecule has 0 radical (unpaired) electrons. The van der Waals surface area contributed by atoms with E-state index in [0.29, 0.717) is 12.2 Å². The summed E-state index contributed by atoms with van der Waals surface area (Å²) in [5.74, 6) is -1.21. The Bertz CT molecular complexity index is 818. The average Bonchev–Trinajstić information content (AvgIpc) is 3.05. The number of hydrogen-bond acceptors (Lipinski definition) is 3. The molecule has 1 heterocycles. The first-order valence-electron chi connectivity index (χ1n) is 9.23. The van der Waals surface area contributed by atoms with Gasteiger partial charge in [0.05, 0.1) is 5.92 Å². The van der Waals surface area contributed by atoms with Crippen molar-refractivity contribution in [3.63, 3.8) is 0 Å². The number of benzene rings is 2. The van der Waals surface area contributed by atoms with Gasteiger partial charge in [0, 0.05) is 43.1 Å². The van der Waals surface area contributed by atoms with E-state index in [9.17, 15) is 14.0 Å². The van der Waals surface area contributed by atoms with E-state index in [2.05, 4.69) is 24.1 Å². The van der Waals surface area contributed by atoms with Crippen LogP contribution >= 0.6 is 0 Å². The van der Waals surface area contributed by atoms with Crippen LogP contribution in [0.1, 0.15) is 20.3 Å². The maximum Gasteiger partial charge on any atom is 0.229 e. The number of nitrogens with zero attached hydrogens (tertiary/aromatic N) is 2. The standard InChI is InChI=1S/C21H24FN3O2/c1-3-24(4-2)18-8-10-19(11-9-18)25-14-15(12-20(25)26)21(27)23-17-7-5-6-16(22)13-17/h5-11,13,15H,3-4,12,14H2,1-2H3,(H,23,27). The first-order chi connectivity index (χ1) is 13.0. The van der Waals surface area contributed by atoms with Crippen LogP contribution in [0.4, 0.5) is 21.5 Å². The highest BCUT2D eigenvalue weighted by Gasteiger charge is 2.35. The molecule has 5 nitrogen and oxygen atoms in total. The Morgan fingerprint density at radius 3 is 2.52 bits per heavy atom. The third-order valence-corrected chi connectivity index (χ3v) is 4.88. The SMILES string of the molecule is CCN(CC)c1ccc(N2CC(C(=O)Nc3cccc(F)c3)CC2=O)cc1. The molecule has 0 saturated carbocycles. The average molecular weight is 369 g/mol. The van der Waals surface area contributed by atoms with E-state index in [1.54, 1.807) is 11.0 Å². The summed E-state index contributed by atoms with van der Waals surface area (Å²) in [6, 6.07) is 13.6. The highest BCUT2D eigenvalue weighted by molar-refractivity contribution is 6.03. The number of hydrogen-bond donors (Lipinski definition) is 1. The van der Waals surface area contributed by atoms with Gasteiger partial charge < -0.3 is 15.1 Å². The van der Waals surface area contributed by atoms with E-state index in [4.69, 9.17) is 0 Å². The molecule has 1 saturated heterocycles. The van der Waals surface area contributed by atoms with Gasteiger partial charge in [-0.1, -0.05) is 6.07 Å². The minimum absolute atomic E-state index is 0.0787. The van der Waals surface area contributed by atoms with Crippen LogP contribution in [0.15, 0.2) is 48.5 Å². The van der Waals surface area contributed by atoms with Gasteiger partial charge in [0.1, 0.15) is 5.82 Å². The van der Waals surface area contributed by atoms with Crippen LogP contribution in [0.25, 0.3) is 0 Å². The molecule has 6 heteroatoms. The second-order valence-corrected chi connectivity index (χ2v) is 6.59. The highest BCUT2D eigenvalue weighted by Crippen LogP contribution is 2.28. The quantitative estimate of drug-likeness (QED) is 0.845. The smallest absolute Gasteiger partial charge is 0.229 e. The Morgan fingerprint density at radius 1 is 1.19 bits per heavy atom. The van der Waals surface area contributed by atoms with Crippen molar-refractivity contribution in [2.75, 3.05) is 34.8 Å². The van der Waals surface area contributed by atoms with Crippen LogP contribution in [0.2, 0.25) is 0 Å². The zero-order valence-electron chi connectivity index (χ0n) is 15.6. The van der Waals surface area contributed by atoms with Crippen molar-refractivity contribution < 1.29 is 14.0 Å². The van der Waals surface area contributed by atoms with Crippen molar-refractivity contribution in [2.24, 2.45) is 5.92 Å². The van der Waals surface area contributed by atoms with E-state index < -0.39 is 11.7 Å². The minimum atomic E-state index is -0.455. The number of nitrogens with one attached hydrogen (secondary N) is 1. The monoisotopic (exact) mass is 369 g/mol. The van der Waals surface area contributed by atoms with Gasteiger partial charge in [0.15, 0.2) is 0 Å². The molecule has 2 amide bonds. The summed E-state index contributed by atoms with van der Waals surface area (Å²) >= 11 is 0. The maximum atomic E-state index is 13.3. The van der Waals surface area contributed by atoms with Gasteiger partial charge in [-0.2, -0.15) is 0 Å². The van der Waals surface area contributed by atoms with E-state index >= 15 is 0 Å². The summed E-state index contributed by atoms with van der Waals surface area (Å²) in [6.07, 6.45) is 0.152. The summed E-state index contributed by atoms with van der Waals surface area (Å²) in [4.78, 5) is 28.7. The lowest BCUT2D eigenvalue weighted by atomic mass is 10.1. The van der Waals surface area contributed by atoms with E-state index in [1.807, 2.05) is 24.3 Å². The van der Waals surface area contributed by atoms with Crippen LogP contribution < -0.4 is 15.1 Å². The Labute approximate surface area is 158 Å². The van der Waals surface area contributed by atoms with Gasteiger partial charge in [-0.3, -0.25) is 9.59 Å². The van der Waals surface area contributed by atoms with E-state index in [0.717, 1.165) is 24.5 Å². The Balaban J connectivity index is 1.67. The molecule has 0 aromatic heterocycles. The second kappa shape index (κ2) is 8.20. The first kappa shape index (κ1) is 18.9. The fraction of sp³-hybridized carbons (Fsp3) is 0.333. The van der Waals surface area contributed by atoms with Crippen LogP contribution in [-0.4, -0.2) is 31.4 Å². The molecule has 0 bridgehead atoms. The Kier molecular flexibility index (Phi) is 5.74.